The highest BCUT2D eigenvalue weighted by Gasteiger charge is 2.10. The zero-order chi connectivity index (χ0) is 13.8. The van der Waals surface area contributed by atoms with Gasteiger partial charge in [-0.15, -0.1) is 0 Å². The molecule has 0 unspecified atom stereocenters. The van der Waals surface area contributed by atoms with Gasteiger partial charge in [0.2, 0.25) is 0 Å². The molecule has 0 amide bonds. The number of carboxylic acids is 1. The van der Waals surface area contributed by atoms with Crippen molar-refractivity contribution in [3.05, 3.63) is 40.8 Å². The smallest absolute Gasteiger partial charge is 0.337 e. The molecule has 19 heavy (non-hydrogen) atoms. The maximum atomic E-state index is 10.9. The topological polar surface area (TPSA) is 80.0 Å². The Morgan fingerprint density at radius 3 is 3.00 bits per heavy atom. The van der Waals surface area contributed by atoms with E-state index >= 15 is 0 Å². The molecule has 0 bridgehead atoms. The molecule has 0 atom stereocenters. The Bertz CT molecular complexity index is 597. The summed E-state index contributed by atoms with van der Waals surface area (Å²) in [6.07, 6.45) is 3.93. The van der Waals surface area contributed by atoms with Gasteiger partial charge in [0, 0.05) is 32.4 Å². The minimum absolute atomic E-state index is 0.0389. The van der Waals surface area contributed by atoms with Gasteiger partial charge >= 0.3 is 5.97 Å². The molecule has 6 nitrogen and oxygen atoms in total. The lowest BCUT2D eigenvalue weighted by atomic mass is 10.2. The van der Waals surface area contributed by atoms with Gasteiger partial charge in [-0.2, -0.15) is 5.10 Å². The third-order valence-electron chi connectivity index (χ3n) is 2.54. The molecular weight excluding hydrogens is 268 g/mol. The fourth-order valence-corrected chi connectivity index (χ4v) is 1.80. The van der Waals surface area contributed by atoms with Crippen molar-refractivity contribution in [1.29, 1.82) is 0 Å². The third kappa shape index (κ3) is 3.45. The first-order chi connectivity index (χ1) is 9.06. The molecular formula is C12H13ClN4O2. The quantitative estimate of drug-likeness (QED) is 0.873. The van der Waals surface area contributed by atoms with Crippen molar-refractivity contribution < 1.29 is 9.90 Å². The Hall–Kier alpha value is -2.08. The van der Waals surface area contributed by atoms with E-state index in [1.54, 1.807) is 4.68 Å². The molecule has 2 aromatic heterocycles. The third-order valence-corrected chi connectivity index (χ3v) is 2.84. The van der Waals surface area contributed by atoms with Crippen LogP contribution in [0.4, 0.5) is 5.82 Å². The normalized spacial score (nSPS) is 10.4. The summed E-state index contributed by atoms with van der Waals surface area (Å²) < 4.78 is 1.73. The predicted octanol–water partition coefficient (Wildman–Crippen LogP) is 1.82. The van der Waals surface area contributed by atoms with Gasteiger partial charge in [0.25, 0.3) is 0 Å². The fourth-order valence-electron chi connectivity index (χ4n) is 1.61. The molecule has 100 valence electrons. The van der Waals surface area contributed by atoms with Gasteiger partial charge in [-0.1, -0.05) is 11.6 Å². The lowest BCUT2D eigenvalue weighted by molar-refractivity contribution is 0.0697. The fraction of sp³-hybridized carbons (Fsp3) is 0.250. The monoisotopic (exact) mass is 280 g/mol. The van der Waals surface area contributed by atoms with E-state index < -0.39 is 5.97 Å². The number of nitrogens with one attached hydrogen (secondary N) is 1. The molecule has 0 aliphatic heterocycles. The maximum Gasteiger partial charge on any atom is 0.337 e. The number of hydrogen-bond acceptors (Lipinski definition) is 4. The first kappa shape index (κ1) is 13.4. The zero-order valence-corrected chi connectivity index (χ0v) is 11.1. The van der Waals surface area contributed by atoms with E-state index in [4.69, 9.17) is 16.7 Å². The highest BCUT2D eigenvalue weighted by Crippen LogP contribution is 2.17. The Balaban J connectivity index is 1.96. The van der Waals surface area contributed by atoms with Crippen LogP contribution in [0.5, 0.6) is 0 Å². The first-order valence-corrected chi connectivity index (χ1v) is 6.05. The summed E-state index contributed by atoms with van der Waals surface area (Å²) in [7, 11) is 1.86. The lowest BCUT2D eigenvalue weighted by Crippen LogP contribution is -2.08. The van der Waals surface area contributed by atoms with Crippen LogP contribution in [0.15, 0.2) is 24.5 Å². The van der Waals surface area contributed by atoms with Gasteiger partial charge in [0.05, 0.1) is 16.3 Å². The van der Waals surface area contributed by atoms with Crippen LogP contribution in [0.2, 0.25) is 5.02 Å². The number of aromatic carboxylic acids is 1. The van der Waals surface area contributed by atoms with Gasteiger partial charge in [0.15, 0.2) is 0 Å². The molecule has 0 spiro atoms. The largest absolute Gasteiger partial charge is 0.478 e. The van der Waals surface area contributed by atoms with Crippen LogP contribution in [0.1, 0.15) is 16.1 Å². The number of rotatable bonds is 5. The lowest BCUT2D eigenvalue weighted by Gasteiger charge is -2.06. The number of carbonyl (C=O) groups is 1. The molecule has 0 fully saturated rings. The Labute approximate surface area is 115 Å². The van der Waals surface area contributed by atoms with Crippen LogP contribution in [-0.2, 0) is 13.5 Å². The number of pyridine rings is 1. The van der Waals surface area contributed by atoms with Crippen LogP contribution >= 0.6 is 11.6 Å². The minimum Gasteiger partial charge on any atom is -0.478 e. The molecule has 0 aliphatic carbocycles. The van der Waals surface area contributed by atoms with Crippen LogP contribution in [0, 0.1) is 0 Å². The van der Waals surface area contributed by atoms with Gasteiger partial charge in [-0.25, -0.2) is 9.78 Å². The van der Waals surface area contributed by atoms with Crippen LogP contribution in [-0.4, -0.2) is 32.4 Å². The highest BCUT2D eigenvalue weighted by atomic mass is 35.5. The van der Waals surface area contributed by atoms with Crippen LogP contribution < -0.4 is 5.32 Å². The van der Waals surface area contributed by atoms with E-state index in [0.29, 0.717) is 12.4 Å². The number of halogens is 1. The Morgan fingerprint density at radius 2 is 2.37 bits per heavy atom. The van der Waals surface area contributed by atoms with Gasteiger partial charge in [-0.3, -0.25) is 4.68 Å². The highest BCUT2D eigenvalue weighted by molar-refractivity contribution is 6.33. The molecule has 2 heterocycles. The minimum atomic E-state index is -1.07. The summed E-state index contributed by atoms with van der Waals surface area (Å²) >= 11 is 5.74. The molecule has 2 N–H and O–H groups in total. The Morgan fingerprint density at radius 1 is 1.58 bits per heavy atom. The summed E-state index contributed by atoms with van der Waals surface area (Å²) in [4.78, 5) is 14.9. The van der Waals surface area contributed by atoms with Crippen molar-refractivity contribution in [2.75, 3.05) is 11.9 Å². The molecule has 0 saturated carbocycles. The Kier molecular flexibility index (Phi) is 4.01. The van der Waals surface area contributed by atoms with E-state index in [-0.39, 0.29) is 10.6 Å². The van der Waals surface area contributed by atoms with Crippen molar-refractivity contribution >= 4 is 23.4 Å². The molecule has 0 aromatic carbocycles. The van der Waals surface area contributed by atoms with Crippen molar-refractivity contribution in [2.45, 2.75) is 6.42 Å². The summed E-state index contributed by atoms with van der Waals surface area (Å²) in [6.45, 7) is 0.616. The molecule has 0 saturated heterocycles. The van der Waals surface area contributed by atoms with E-state index in [0.717, 1.165) is 12.1 Å². The van der Waals surface area contributed by atoms with Crippen molar-refractivity contribution in [1.82, 2.24) is 14.8 Å². The van der Waals surface area contributed by atoms with Gasteiger partial charge < -0.3 is 10.4 Å². The van der Waals surface area contributed by atoms with Gasteiger partial charge in [-0.05, 0) is 12.1 Å². The van der Waals surface area contributed by atoms with E-state index in [1.807, 2.05) is 19.3 Å². The van der Waals surface area contributed by atoms with Crippen molar-refractivity contribution in [3.8, 4) is 0 Å². The maximum absolute atomic E-state index is 10.9. The predicted molar refractivity (Wildman–Crippen MR) is 71.6 cm³/mol. The van der Waals surface area contributed by atoms with E-state index in [9.17, 15) is 4.79 Å². The number of aryl methyl sites for hydroxylation is 1. The molecule has 0 radical (unpaired) electrons. The van der Waals surface area contributed by atoms with Gasteiger partial charge in [0.1, 0.15) is 5.82 Å². The standard InChI is InChI=1S/C12H13ClN4O2/c1-17-5-3-8(16-17)2-4-14-11-6-9(12(18)19)10(13)7-15-11/h3,5-7H,2,4H2,1H3,(H,14,15)(H,18,19). The van der Waals surface area contributed by atoms with E-state index in [1.165, 1.54) is 12.3 Å². The molecule has 2 aromatic rings. The number of carboxylic acid groups (broad SMARTS) is 1. The average molecular weight is 281 g/mol. The summed E-state index contributed by atoms with van der Waals surface area (Å²) in [5.41, 5.74) is 0.999. The second-order valence-electron chi connectivity index (χ2n) is 4.01. The van der Waals surface area contributed by atoms with Crippen LogP contribution in [0.25, 0.3) is 0 Å². The van der Waals surface area contributed by atoms with Crippen molar-refractivity contribution in [3.63, 3.8) is 0 Å². The number of hydrogen-bond donors (Lipinski definition) is 2. The summed E-state index contributed by atoms with van der Waals surface area (Å²) in [6, 6.07) is 3.35. The molecule has 0 aliphatic rings. The zero-order valence-electron chi connectivity index (χ0n) is 10.3. The molecule has 7 heteroatoms. The second-order valence-corrected chi connectivity index (χ2v) is 4.42. The van der Waals surface area contributed by atoms with E-state index in [2.05, 4.69) is 15.4 Å². The average Bonchev–Trinajstić information content (AvgIpc) is 2.77. The second kappa shape index (κ2) is 5.71. The SMILES string of the molecule is Cn1ccc(CCNc2cc(C(=O)O)c(Cl)cn2)n1. The summed E-state index contributed by atoms with van der Waals surface area (Å²) in [5, 5.41) is 16.4. The van der Waals surface area contributed by atoms with Crippen molar-refractivity contribution in [2.24, 2.45) is 7.05 Å². The summed E-state index contributed by atoms with van der Waals surface area (Å²) in [5.74, 6) is -0.585. The first-order valence-electron chi connectivity index (χ1n) is 5.67. The molecule has 2 rings (SSSR count). The van der Waals surface area contributed by atoms with Crippen LogP contribution in [0.3, 0.4) is 0 Å². The number of anilines is 1. The number of aromatic nitrogens is 3. The number of nitrogens with zero attached hydrogens (tertiary/aromatic N) is 3.